The number of rotatable bonds is 6. The number of benzene rings is 1. The first kappa shape index (κ1) is 20.2. The minimum Gasteiger partial charge on any atom is -0.356 e. The fourth-order valence-corrected chi connectivity index (χ4v) is 3.10. The Balaban J connectivity index is 1.63. The van der Waals surface area contributed by atoms with Gasteiger partial charge in [-0.2, -0.15) is 0 Å². The highest BCUT2D eigenvalue weighted by molar-refractivity contribution is 5.86. The zero-order chi connectivity index (χ0) is 19.0. The summed E-state index contributed by atoms with van der Waals surface area (Å²) in [6.07, 6.45) is 2.17. The first-order chi connectivity index (χ1) is 12.4. The van der Waals surface area contributed by atoms with Crippen LogP contribution in [0.25, 0.3) is 0 Å². The Labute approximate surface area is 157 Å². The summed E-state index contributed by atoms with van der Waals surface area (Å²) < 4.78 is 0. The summed E-state index contributed by atoms with van der Waals surface area (Å²) in [4.78, 5) is 18.5. The molecular weight excluding hydrogens is 326 g/mol. The highest BCUT2D eigenvalue weighted by atomic mass is 16.2. The molecule has 0 unspecified atom stereocenters. The molecule has 6 heteroatoms. The minimum absolute atomic E-state index is 0.0348. The van der Waals surface area contributed by atoms with Crippen LogP contribution in [0.4, 0.5) is 0 Å². The van der Waals surface area contributed by atoms with Crippen LogP contribution >= 0.6 is 0 Å². The molecule has 26 heavy (non-hydrogen) atoms. The summed E-state index contributed by atoms with van der Waals surface area (Å²) in [7, 11) is 1.72. The molecule has 0 aliphatic carbocycles. The van der Waals surface area contributed by atoms with E-state index in [4.69, 9.17) is 0 Å². The van der Waals surface area contributed by atoms with Crippen LogP contribution in [0.15, 0.2) is 29.3 Å². The second kappa shape index (κ2) is 9.57. The number of guanidine groups is 1. The Hall–Kier alpha value is -2.08. The molecule has 0 aromatic heterocycles. The highest BCUT2D eigenvalue weighted by Crippen LogP contribution is 2.18. The minimum atomic E-state index is -0.219. The van der Waals surface area contributed by atoms with Gasteiger partial charge in [-0.25, -0.2) is 0 Å². The van der Waals surface area contributed by atoms with Crippen molar-refractivity contribution in [1.82, 2.24) is 20.9 Å². The first-order valence-corrected chi connectivity index (χ1v) is 9.42. The number of fused-ring (bicyclic) bond motifs is 1. The molecular formula is C20H33N5O. The number of hydrogen-bond acceptors (Lipinski definition) is 3. The Kier molecular flexibility index (Phi) is 7.45. The van der Waals surface area contributed by atoms with Crippen molar-refractivity contribution in [2.24, 2.45) is 4.99 Å². The van der Waals surface area contributed by atoms with Crippen LogP contribution in [0.3, 0.4) is 0 Å². The Bertz CT molecular complexity index is 621. The van der Waals surface area contributed by atoms with E-state index in [0.717, 1.165) is 39.0 Å². The van der Waals surface area contributed by atoms with Crippen molar-refractivity contribution in [2.45, 2.75) is 45.7 Å². The quantitative estimate of drug-likeness (QED) is 0.409. The molecule has 144 valence electrons. The van der Waals surface area contributed by atoms with Gasteiger partial charge in [0.25, 0.3) is 0 Å². The lowest BCUT2D eigenvalue weighted by Crippen LogP contribution is -2.48. The molecule has 0 fully saturated rings. The summed E-state index contributed by atoms with van der Waals surface area (Å²) in [6, 6.07) is 8.71. The molecule has 1 amide bonds. The first-order valence-electron chi connectivity index (χ1n) is 9.42. The second-order valence-electron chi connectivity index (χ2n) is 7.80. The third-order valence-electron chi connectivity index (χ3n) is 4.31. The number of amides is 1. The topological polar surface area (TPSA) is 68.8 Å². The van der Waals surface area contributed by atoms with Crippen molar-refractivity contribution in [3.8, 4) is 0 Å². The lowest BCUT2D eigenvalue weighted by Gasteiger charge is -2.28. The van der Waals surface area contributed by atoms with Crippen molar-refractivity contribution in [3.05, 3.63) is 35.4 Å². The molecule has 0 spiro atoms. The summed E-state index contributed by atoms with van der Waals surface area (Å²) in [6.45, 7) is 10.2. The molecule has 3 N–H and O–H groups in total. The van der Waals surface area contributed by atoms with E-state index in [1.54, 1.807) is 7.05 Å². The largest absolute Gasteiger partial charge is 0.356 e. The van der Waals surface area contributed by atoms with Crippen LogP contribution < -0.4 is 16.0 Å². The molecule has 1 aromatic rings. The van der Waals surface area contributed by atoms with Gasteiger partial charge in [0.1, 0.15) is 0 Å². The Morgan fingerprint density at radius 1 is 1.19 bits per heavy atom. The van der Waals surface area contributed by atoms with Crippen LogP contribution in [0.2, 0.25) is 0 Å². The maximum Gasteiger partial charge on any atom is 0.239 e. The predicted octanol–water partition coefficient (Wildman–Crippen LogP) is 1.51. The fraction of sp³-hybridized carbons (Fsp3) is 0.600. The van der Waals surface area contributed by atoms with Crippen LogP contribution in [0, 0.1) is 0 Å². The van der Waals surface area contributed by atoms with Gasteiger partial charge < -0.3 is 16.0 Å². The average Bonchev–Trinajstić information content (AvgIpc) is 2.59. The average molecular weight is 360 g/mol. The van der Waals surface area contributed by atoms with E-state index in [1.165, 1.54) is 11.1 Å². The van der Waals surface area contributed by atoms with Gasteiger partial charge in [0.15, 0.2) is 5.96 Å². The van der Waals surface area contributed by atoms with E-state index < -0.39 is 0 Å². The van der Waals surface area contributed by atoms with Crippen molar-refractivity contribution in [2.75, 3.05) is 33.2 Å². The maximum absolute atomic E-state index is 11.9. The molecule has 0 saturated carbocycles. The molecule has 0 bridgehead atoms. The van der Waals surface area contributed by atoms with Crippen LogP contribution in [0.1, 0.15) is 38.3 Å². The molecule has 1 heterocycles. The van der Waals surface area contributed by atoms with Crippen molar-refractivity contribution in [3.63, 3.8) is 0 Å². The van der Waals surface area contributed by atoms with Crippen molar-refractivity contribution in [1.29, 1.82) is 0 Å². The number of hydrogen-bond donors (Lipinski definition) is 3. The van der Waals surface area contributed by atoms with E-state index in [-0.39, 0.29) is 18.0 Å². The van der Waals surface area contributed by atoms with Gasteiger partial charge in [0.05, 0.1) is 6.54 Å². The molecule has 1 aromatic carbocycles. The van der Waals surface area contributed by atoms with E-state index in [0.29, 0.717) is 5.96 Å². The van der Waals surface area contributed by atoms with Gasteiger partial charge in [-0.1, -0.05) is 24.3 Å². The second-order valence-corrected chi connectivity index (χ2v) is 7.80. The lowest BCUT2D eigenvalue weighted by molar-refractivity contribution is -0.121. The molecule has 0 atom stereocenters. The van der Waals surface area contributed by atoms with Crippen molar-refractivity contribution >= 4 is 11.9 Å². The number of carbonyl (C=O) groups excluding carboxylic acids is 1. The van der Waals surface area contributed by atoms with E-state index >= 15 is 0 Å². The Morgan fingerprint density at radius 2 is 1.92 bits per heavy atom. The summed E-state index contributed by atoms with van der Waals surface area (Å²) in [5, 5.41) is 9.26. The smallest absolute Gasteiger partial charge is 0.239 e. The summed E-state index contributed by atoms with van der Waals surface area (Å²) in [5.41, 5.74) is 2.72. The zero-order valence-corrected chi connectivity index (χ0v) is 16.6. The van der Waals surface area contributed by atoms with Gasteiger partial charge in [-0.05, 0) is 44.7 Å². The third-order valence-corrected chi connectivity index (χ3v) is 4.31. The standard InChI is InChI=1S/C20H33N5O/c1-20(2,3)24-18(26)14-23-19(21-4)22-11-7-12-25-13-10-16-8-5-6-9-17(16)15-25/h5-6,8-9H,7,10-15H2,1-4H3,(H,24,26)(H2,21,22,23). The monoisotopic (exact) mass is 359 g/mol. The van der Waals surface area contributed by atoms with Crippen molar-refractivity contribution < 1.29 is 4.79 Å². The molecule has 0 saturated heterocycles. The maximum atomic E-state index is 11.9. The normalized spacial score (nSPS) is 15.3. The van der Waals surface area contributed by atoms with Crippen LogP contribution in [-0.4, -0.2) is 55.5 Å². The molecule has 2 rings (SSSR count). The van der Waals surface area contributed by atoms with E-state index in [9.17, 15) is 4.79 Å². The molecule has 1 aliphatic rings. The Morgan fingerprint density at radius 3 is 2.62 bits per heavy atom. The van der Waals surface area contributed by atoms with Crippen LogP contribution in [-0.2, 0) is 17.8 Å². The van der Waals surface area contributed by atoms with Gasteiger partial charge in [-0.3, -0.25) is 14.7 Å². The SMILES string of the molecule is CN=C(NCCCN1CCc2ccccc2C1)NCC(=O)NC(C)(C)C. The van der Waals surface area contributed by atoms with Gasteiger partial charge in [0, 0.05) is 38.8 Å². The van der Waals surface area contributed by atoms with Gasteiger partial charge in [-0.15, -0.1) is 0 Å². The number of aliphatic imine (C=N–C) groups is 1. The lowest BCUT2D eigenvalue weighted by atomic mass is 10.00. The number of nitrogens with zero attached hydrogens (tertiary/aromatic N) is 2. The highest BCUT2D eigenvalue weighted by Gasteiger charge is 2.15. The molecule has 1 aliphatic heterocycles. The van der Waals surface area contributed by atoms with E-state index in [1.807, 2.05) is 20.8 Å². The van der Waals surface area contributed by atoms with Crippen LogP contribution in [0.5, 0.6) is 0 Å². The fourth-order valence-electron chi connectivity index (χ4n) is 3.10. The summed E-state index contributed by atoms with van der Waals surface area (Å²) in [5.74, 6) is 0.630. The van der Waals surface area contributed by atoms with Gasteiger partial charge in [0.2, 0.25) is 5.91 Å². The third kappa shape index (κ3) is 7.04. The van der Waals surface area contributed by atoms with Gasteiger partial charge >= 0.3 is 0 Å². The van der Waals surface area contributed by atoms with E-state index in [2.05, 4.69) is 50.1 Å². The summed E-state index contributed by atoms with van der Waals surface area (Å²) >= 11 is 0. The predicted molar refractivity (Wildman–Crippen MR) is 107 cm³/mol. The molecule has 0 radical (unpaired) electrons. The number of nitrogens with one attached hydrogen (secondary N) is 3. The zero-order valence-electron chi connectivity index (χ0n) is 16.6. The molecule has 6 nitrogen and oxygen atoms in total. The number of carbonyl (C=O) groups is 1.